The van der Waals surface area contributed by atoms with E-state index >= 15 is 4.39 Å². The molecule has 0 radical (unpaired) electrons. The van der Waals surface area contributed by atoms with E-state index in [2.05, 4.69) is 27.0 Å². The second-order valence-electron chi connectivity index (χ2n) is 9.98. The molecular weight excluding hydrogens is 511 g/mol. The number of H-pyrrole nitrogens is 1. The van der Waals surface area contributed by atoms with Gasteiger partial charge < -0.3 is 30.7 Å². The standard InChI is InChI=1S/C28H31FN6O3.C2H6/c1-3-5-23(36)31-18-6-4-9-35(16-18)26-21(29)15-20(27(30)37)25-24(26)19-8-7-17(14-22(19)32-25)28(38)34-12-10-33(2)11-13-34;1-2/h7-8,14-15,18,32H,4,6,9-13,16H2,1-2H3,(H2,30,37)(H,31,36);1-2H3. The van der Waals surface area contributed by atoms with E-state index in [4.69, 9.17) is 5.73 Å². The molecule has 0 aliphatic carbocycles. The van der Waals surface area contributed by atoms with Gasteiger partial charge in [-0.25, -0.2) is 4.39 Å². The Morgan fingerprint density at radius 2 is 1.82 bits per heavy atom. The van der Waals surface area contributed by atoms with Crippen LogP contribution in [0.2, 0.25) is 0 Å². The molecular formula is C30H37FN6O3. The Bertz CT molecular complexity index is 1500. The summed E-state index contributed by atoms with van der Waals surface area (Å²) in [6, 6.07) is 6.27. The van der Waals surface area contributed by atoms with Crippen LogP contribution in [0.5, 0.6) is 0 Å². The minimum atomic E-state index is -0.748. The lowest BCUT2D eigenvalue weighted by atomic mass is 10.00. The molecule has 10 heteroatoms. The van der Waals surface area contributed by atoms with Gasteiger partial charge in [0, 0.05) is 67.2 Å². The fraction of sp³-hybridized carbons (Fsp3) is 0.433. The minimum absolute atomic E-state index is 0.0458. The molecule has 0 saturated carbocycles. The van der Waals surface area contributed by atoms with Gasteiger partial charge in [-0.3, -0.25) is 14.4 Å². The number of fused-ring (bicyclic) bond motifs is 3. The number of piperazine rings is 1. The summed E-state index contributed by atoms with van der Waals surface area (Å²) >= 11 is 0. The number of rotatable bonds is 4. The number of anilines is 1. The van der Waals surface area contributed by atoms with Crippen LogP contribution >= 0.6 is 0 Å². The third-order valence-electron chi connectivity index (χ3n) is 7.42. The van der Waals surface area contributed by atoms with Crippen LogP contribution < -0.4 is 16.0 Å². The predicted molar refractivity (Wildman–Crippen MR) is 156 cm³/mol. The largest absolute Gasteiger partial charge is 0.367 e. The zero-order valence-corrected chi connectivity index (χ0v) is 23.6. The summed E-state index contributed by atoms with van der Waals surface area (Å²) in [5.41, 5.74) is 7.58. The second kappa shape index (κ2) is 12.4. The summed E-state index contributed by atoms with van der Waals surface area (Å²) < 4.78 is 15.7. The van der Waals surface area contributed by atoms with Gasteiger partial charge in [0.1, 0.15) is 5.82 Å². The van der Waals surface area contributed by atoms with Crippen LogP contribution in [0.25, 0.3) is 21.8 Å². The number of carbonyl (C=O) groups is 3. The maximum Gasteiger partial charge on any atom is 0.296 e. The first-order valence-corrected chi connectivity index (χ1v) is 13.8. The zero-order chi connectivity index (χ0) is 29.0. The minimum Gasteiger partial charge on any atom is -0.367 e. The van der Waals surface area contributed by atoms with Gasteiger partial charge >= 0.3 is 0 Å². The number of halogens is 1. The molecule has 5 rings (SSSR count). The van der Waals surface area contributed by atoms with Crippen molar-refractivity contribution in [2.24, 2.45) is 5.73 Å². The first-order chi connectivity index (χ1) is 19.3. The molecule has 3 heterocycles. The molecule has 1 aromatic heterocycles. The van der Waals surface area contributed by atoms with Gasteiger partial charge in [0.2, 0.25) is 0 Å². The lowest BCUT2D eigenvalue weighted by Crippen LogP contribution is -2.47. The first kappa shape index (κ1) is 28.9. The molecule has 1 atom stereocenters. The molecule has 2 aliphatic heterocycles. The smallest absolute Gasteiger partial charge is 0.296 e. The topological polar surface area (TPSA) is 115 Å². The van der Waals surface area contributed by atoms with Crippen molar-refractivity contribution in [3.05, 3.63) is 41.2 Å². The second-order valence-corrected chi connectivity index (χ2v) is 9.98. The number of amides is 3. The van der Waals surface area contributed by atoms with Gasteiger partial charge in [-0.05, 0) is 50.9 Å². The lowest BCUT2D eigenvalue weighted by Gasteiger charge is -2.35. The zero-order valence-electron chi connectivity index (χ0n) is 23.6. The first-order valence-electron chi connectivity index (χ1n) is 13.8. The number of aromatic amines is 1. The number of likely N-dealkylation sites (N-methyl/N-ethyl adjacent to an activating group) is 1. The molecule has 4 N–H and O–H groups in total. The van der Waals surface area contributed by atoms with E-state index < -0.39 is 11.7 Å². The molecule has 212 valence electrons. The Kier molecular flexibility index (Phi) is 8.95. The molecule has 2 saturated heterocycles. The van der Waals surface area contributed by atoms with E-state index in [0.29, 0.717) is 59.2 Å². The average Bonchev–Trinajstić information content (AvgIpc) is 3.32. The number of primary amides is 1. The van der Waals surface area contributed by atoms with Crippen molar-refractivity contribution >= 4 is 45.2 Å². The van der Waals surface area contributed by atoms with Gasteiger partial charge in [-0.15, -0.1) is 0 Å². The Morgan fingerprint density at radius 1 is 1.10 bits per heavy atom. The van der Waals surface area contributed by atoms with Gasteiger partial charge in [-0.2, -0.15) is 0 Å². The Morgan fingerprint density at radius 3 is 2.50 bits per heavy atom. The highest BCUT2D eigenvalue weighted by Crippen LogP contribution is 2.39. The monoisotopic (exact) mass is 548 g/mol. The van der Waals surface area contributed by atoms with E-state index in [-0.39, 0.29) is 23.4 Å². The van der Waals surface area contributed by atoms with Crippen LogP contribution in [-0.4, -0.2) is 84.9 Å². The number of benzene rings is 2. The fourth-order valence-electron chi connectivity index (χ4n) is 5.49. The fourth-order valence-corrected chi connectivity index (χ4v) is 5.49. The van der Waals surface area contributed by atoms with Gasteiger partial charge in [0.05, 0.1) is 16.8 Å². The maximum absolute atomic E-state index is 15.7. The van der Waals surface area contributed by atoms with Crippen molar-refractivity contribution in [1.82, 2.24) is 20.1 Å². The SMILES string of the molecule is CC.CC#CC(=O)NC1CCCN(c2c(F)cc(C(N)=O)c3[nH]c4cc(C(=O)N5CCN(C)CC5)ccc4c23)C1. The summed E-state index contributed by atoms with van der Waals surface area (Å²) in [4.78, 5) is 46.6. The number of piperidine rings is 1. The summed E-state index contributed by atoms with van der Waals surface area (Å²) in [5.74, 6) is 3.34. The average molecular weight is 549 g/mol. The van der Waals surface area contributed by atoms with Crippen molar-refractivity contribution in [3.8, 4) is 11.8 Å². The van der Waals surface area contributed by atoms with Gasteiger partial charge in [-0.1, -0.05) is 25.8 Å². The van der Waals surface area contributed by atoms with Crippen LogP contribution in [0.3, 0.4) is 0 Å². The van der Waals surface area contributed by atoms with Crippen molar-refractivity contribution in [3.63, 3.8) is 0 Å². The maximum atomic E-state index is 15.7. The van der Waals surface area contributed by atoms with Crippen LogP contribution in [0.1, 0.15) is 54.3 Å². The highest BCUT2D eigenvalue weighted by molar-refractivity contribution is 6.20. The Labute approximate surface area is 233 Å². The number of nitrogens with two attached hydrogens (primary N) is 1. The lowest BCUT2D eigenvalue weighted by molar-refractivity contribution is -0.116. The van der Waals surface area contributed by atoms with E-state index in [1.54, 1.807) is 25.1 Å². The summed E-state index contributed by atoms with van der Waals surface area (Å²) in [5, 5.41) is 4.12. The molecule has 0 bridgehead atoms. The summed E-state index contributed by atoms with van der Waals surface area (Å²) in [7, 11) is 2.03. The molecule has 3 amide bonds. The highest BCUT2D eigenvalue weighted by Gasteiger charge is 2.28. The third kappa shape index (κ3) is 5.75. The van der Waals surface area contributed by atoms with Crippen molar-refractivity contribution in [2.45, 2.75) is 39.7 Å². The van der Waals surface area contributed by atoms with Crippen LogP contribution in [0.15, 0.2) is 24.3 Å². The molecule has 2 fully saturated rings. The Hall–Kier alpha value is -4.10. The van der Waals surface area contributed by atoms with Gasteiger partial charge in [0.25, 0.3) is 17.7 Å². The quantitative estimate of drug-likeness (QED) is 0.434. The number of hydrogen-bond donors (Lipinski definition) is 3. The number of nitrogens with zero attached hydrogens (tertiary/aromatic N) is 3. The molecule has 2 aliphatic rings. The normalized spacial score (nSPS) is 17.6. The summed E-state index contributed by atoms with van der Waals surface area (Å²) in [6.45, 7) is 9.50. The van der Waals surface area contributed by atoms with Crippen molar-refractivity contribution < 1.29 is 18.8 Å². The van der Waals surface area contributed by atoms with E-state index in [1.807, 2.05) is 30.7 Å². The number of nitrogens with one attached hydrogen (secondary N) is 2. The number of carbonyl (C=O) groups excluding carboxylic acids is 3. The van der Waals surface area contributed by atoms with Crippen LogP contribution in [0, 0.1) is 17.7 Å². The van der Waals surface area contributed by atoms with Gasteiger partial charge in [0.15, 0.2) is 0 Å². The third-order valence-corrected chi connectivity index (χ3v) is 7.42. The summed E-state index contributed by atoms with van der Waals surface area (Å²) in [6.07, 6.45) is 1.50. The highest BCUT2D eigenvalue weighted by atomic mass is 19.1. The predicted octanol–water partition coefficient (Wildman–Crippen LogP) is 3.08. The Balaban J connectivity index is 0.00000181. The number of hydrogen-bond acceptors (Lipinski definition) is 5. The van der Waals surface area contributed by atoms with Crippen LogP contribution in [0.4, 0.5) is 10.1 Å². The van der Waals surface area contributed by atoms with Crippen molar-refractivity contribution in [2.75, 3.05) is 51.2 Å². The molecule has 0 spiro atoms. The van der Waals surface area contributed by atoms with E-state index in [0.717, 1.165) is 32.0 Å². The van der Waals surface area contributed by atoms with E-state index in [9.17, 15) is 14.4 Å². The molecule has 2 aromatic carbocycles. The molecule has 3 aromatic rings. The van der Waals surface area contributed by atoms with E-state index in [1.165, 1.54) is 0 Å². The number of aromatic nitrogens is 1. The molecule has 40 heavy (non-hydrogen) atoms. The van der Waals surface area contributed by atoms with Crippen molar-refractivity contribution in [1.29, 1.82) is 0 Å². The molecule has 9 nitrogen and oxygen atoms in total. The molecule has 1 unspecified atom stereocenters. The van der Waals surface area contributed by atoms with Crippen LogP contribution in [-0.2, 0) is 4.79 Å².